The molecule has 0 aromatic rings. The van der Waals surface area contributed by atoms with Gasteiger partial charge in [-0.25, -0.2) is 0 Å². The maximum absolute atomic E-state index is 12.8. The van der Waals surface area contributed by atoms with Gasteiger partial charge >= 0.3 is 17.9 Å². The summed E-state index contributed by atoms with van der Waals surface area (Å²) < 4.78 is 23.3. The molecule has 328 valence electrons. The Hall–Kier alpha value is -2.05. The summed E-state index contributed by atoms with van der Waals surface area (Å²) in [6.07, 6.45) is 35.3. The lowest BCUT2D eigenvalue weighted by atomic mass is 9.95. The van der Waals surface area contributed by atoms with Crippen molar-refractivity contribution in [2.45, 2.75) is 253 Å². The van der Waals surface area contributed by atoms with E-state index in [1.807, 2.05) is 6.92 Å². The number of esters is 3. The van der Waals surface area contributed by atoms with Crippen LogP contribution >= 0.6 is 0 Å². The molecule has 0 heterocycles. The third-order valence-corrected chi connectivity index (χ3v) is 11.5. The number of hydrogen-bond donors (Lipinski definition) is 0. The van der Waals surface area contributed by atoms with Crippen molar-refractivity contribution >= 4 is 17.9 Å². The molecule has 1 saturated carbocycles. The molecule has 56 heavy (non-hydrogen) atoms. The highest BCUT2D eigenvalue weighted by Crippen LogP contribution is 2.35. The van der Waals surface area contributed by atoms with E-state index in [4.69, 9.17) is 18.9 Å². The number of rotatable bonds is 41. The smallest absolute Gasteiger partial charge is 0.306 e. The molecule has 7 heteroatoms. The summed E-state index contributed by atoms with van der Waals surface area (Å²) in [5, 5.41) is 0. The molecule has 7 nitrogen and oxygen atoms in total. The van der Waals surface area contributed by atoms with Gasteiger partial charge in [-0.3, -0.25) is 14.4 Å². The summed E-state index contributed by atoms with van der Waals surface area (Å²) in [5.74, 6) is 1.28. The van der Waals surface area contributed by atoms with Gasteiger partial charge in [-0.1, -0.05) is 163 Å². The number of allylic oxidation sites excluding steroid dienone is 2. The second-order valence-corrected chi connectivity index (χ2v) is 17.0. The van der Waals surface area contributed by atoms with Crippen molar-refractivity contribution < 1.29 is 33.3 Å². The Morgan fingerprint density at radius 3 is 1.25 bits per heavy atom. The molecule has 3 atom stereocenters. The standard InChI is InChI=1S/C49H90O7/c1-6-11-15-19-21-25-31-42(29-23-17-13-8-3)39-53-46(44-37-38-44)33-27-36-49(52)56-45(10-5)41-55-48(51)35-28-34-47(50)54-40-43(30-24-18-14-9-4)32-26-22-20-16-12-7-2/h42-43,45H,6-41H2,1-5H3. The third kappa shape index (κ3) is 31.0. The van der Waals surface area contributed by atoms with Gasteiger partial charge in [0.2, 0.25) is 0 Å². The second kappa shape index (κ2) is 37.2. The van der Waals surface area contributed by atoms with Gasteiger partial charge in [-0.15, -0.1) is 0 Å². The zero-order valence-corrected chi connectivity index (χ0v) is 37.5. The Labute approximate surface area is 345 Å². The average Bonchev–Trinajstić information content (AvgIpc) is 4.04. The first kappa shape index (κ1) is 52.0. The van der Waals surface area contributed by atoms with Crippen LogP contribution in [-0.2, 0) is 33.3 Å². The van der Waals surface area contributed by atoms with Gasteiger partial charge in [-0.2, -0.15) is 0 Å². The maximum Gasteiger partial charge on any atom is 0.306 e. The molecule has 1 aliphatic carbocycles. The van der Waals surface area contributed by atoms with E-state index < -0.39 is 6.10 Å². The van der Waals surface area contributed by atoms with Crippen LogP contribution in [0.15, 0.2) is 11.3 Å². The number of unbranched alkanes of at least 4 members (excludes halogenated alkanes) is 16. The van der Waals surface area contributed by atoms with Crippen LogP contribution in [0.2, 0.25) is 0 Å². The predicted molar refractivity (Wildman–Crippen MR) is 232 cm³/mol. The van der Waals surface area contributed by atoms with Crippen molar-refractivity contribution in [1.29, 1.82) is 0 Å². The monoisotopic (exact) mass is 791 g/mol. The van der Waals surface area contributed by atoms with Crippen molar-refractivity contribution in [3.63, 3.8) is 0 Å². The van der Waals surface area contributed by atoms with Crippen molar-refractivity contribution in [1.82, 2.24) is 0 Å². The Balaban J connectivity index is 2.35. The molecule has 0 bridgehead atoms. The fourth-order valence-electron chi connectivity index (χ4n) is 7.47. The number of hydrogen-bond acceptors (Lipinski definition) is 7. The quantitative estimate of drug-likeness (QED) is 0.0264. The molecule has 0 aromatic carbocycles. The Morgan fingerprint density at radius 1 is 0.429 bits per heavy atom. The van der Waals surface area contributed by atoms with Crippen molar-refractivity contribution in [2.24, 2.45) is 11.8 Å². The number of carbonyl (C=O) groups excluding carboxylic acids is 3. The minimum Gasteiger partial charge on any atom is -0.498 e. The van der Waals surface area contributed by atoms with Gasteiger partial charge < -0.3 is 18.9 Å². The summed E-state index contributed by atoms with van der Waals surface area (Å²) in [7, 11) is 0. The molecule has 1 aliphatic rings. The highest BCUT2D eigenvalue weighted by Gasteiger charge is 2.22. The molecular weight excluding hydrogens is 701 g/mol. The van der Waals surface area contributed by atoms with E-state index in [9.17, 15) is 14.4 Å². The fourth-order valence-corrected chi connectivity index (χ4v) is 7.47. The van der Waals surface area contributed by atoms with Gasteiger partial charge in [-0.05, 0) is 75.2 Å². The lowest BCUT2D eigenvalue weighted by Crippen LogP contribution is -2.24. The average molecular weight is 791 g/mol. The number of carbonyl (C=O) groups is 3. The third-order valence-electron chi connectivity index (χ3n) is 11.5. The van der Waals surface area contributed by atoms with Crippen LogP contribution in [0.4, 0.5) is 0 Å². The second-order valence-electron chi connectivity index (χ2n) is 17.0. The van der Waals surface area contributed by atoms with E-state index >= 15 is 0 Å². The Morgan fingerprint density at radius 2 is 0.804 bits per heavy atom. The zero-order chi connectivity index (χ0) is 40.9. The van der Waals surface area contributed by atoms with E-state index in [1.165, 1.54) is 147 Å². The molecule has 0 amide bonds. The van der Waals surface area contributed by atoms with Gasteiger partial charge in [0.25, 0.3) is 0 Å². The summed E-state index contributed by atoms with van der Waals surface area (Å²) in [6, 6.07) is 0. The van der Waals surface area contributed by atoms with Gasteiger partial charge in [0.15, 0.2) is 0 Å². The van der Waals surface area contributed by atoms with Crippen molar-refractivity contribution in [3.05, 3.63) is 11.3 Å². The van der Waals surface area contributed by atoms with Crippen molar-refractivity contribution in [2.75, 3.05) is 19.8 Å². The van der Waals surface area contributed by atoms with Gasteiger partial charge in [0.1, 0.15) is 12.7 Å². The Kier molecular flexibility index (Phi) is 34.6. The summed E-state index contributed by atoms with van der Waals surface area (Å²) >= 11 is 0. The molecule has 1 fully saturated rings. The van der Waals surface area contributed by atoms with Gasteiger partial charge in [0, 0.05) is 25.7 Å². The maximum atomic E-state index is 12.8. The van der Waals surface area contributed by atoms with Crippen molar-refractivity contribution in [3.8, 4) is 0 Å². The molecule has 0 radical (unpaired) electrons. The van der Waals surface area contributed by atoms with Crippen LogP contribution < -0.4 is 0 Å². The predicted octanol–water partition coefficient (Wildman–Crippen LogP) is 14.5. The first-order valence-electron chi connectivity index (χ1n) is 24.2. The molecule has 0 saturated heterocycles. The van der Waals surface area contributed by atoms with E-state index in [2.05, 4.69) is 27.7 Å². The minimum absolute atomic E-state index is 0.0420. The SMILES string of the molecule is CCCCCCCCC(CCCCCC)COC(=O)CCCC(=O)OCC(CC)OC(=O)CCCC(OCC(CCCCCC)CCCCCCCC)=C1CC1. The van der Waals surface area contributed by atoms with E-state index in [1.54, 1.807) is 0 Å². The highest BCUT2D eigenvalue weighted by molar-refractivity contribution is 5.72. The molecule has 0 aliphatic heterocycles. The van der Waals surface area contributed by atoms with Gasteiger partial charge in [0.05, 0.1) is 19.0 Å². The first-order valence-corrected chi connectivity index (χ1v) is 24.2. The first-order chi connectivity index (χ1) is 27.4. The van der Waals surface area contributed by atoms with Crippen LogP contribution in [0.1, 0.15) is 247 Å². The van der Waals surface area contributed by atoms with Crippen LogP contribution in [0, 0.1) is 11.8 Å². The number of ether oxygens (including phenoxy) is 4. The van der Waals surface area contributed by atoms with Crippen LogP contribution in [-0.4, -0.2) is 43.8 Å². The summed E-state index contributed by atoms with van der Waals surface area (Å²) in [6.45, 7) is 12.3. The van der Waals surface area contributed by atoms with Crippen LogP contribution in [0.3, 0.4) is 0 Å². The normalized spacial score (nSPS) is 13.9. The van der Waals surface area contributed by atoms with E-state index in [0.29, 0.717) is 44.1 Å². The molecule has 0 spiro atoms. The minimum atomic E-state index is -0.467. The van der Waals surface area contributed by atoms with E-state index in [0.717, 1.165) is 44.5 Å². The lowest BCUT2D eigenvalue weighted by Gasteiger charge is -2.20. The zero-order valence-electron chi connectivity index (χ0n) is 37.5. The largest absolute Gasteiger partial charge is 0.498 e. The fraction of sp³-hybridized carbons (Fsp3) is 0.898. The molecule has 3 unspecified atom stereocenters. The van der Waals surface area contributed by atoms with E-state index in [-0.39, 0.29) is 37.4 Å². The molecular formula is C49H90O7. The van der Waals surface area contributed by atoms with Crippen LogP contribution in [0.25, 0.3) is 0 Å². The molecule has 1 rings (SSSR count). The van der Waals surface area contributed by atoms with Crippen LogP contribution in [0.5, 0.6) is 0 Å². The molecule has 0 N–H and O–H groups in total. The highest BCUT2D eigenvalue weighted by atomic mass is 16.6. The summed E-state index contributed by atoms with van der Waals surface area (Å²) in [5.41, 5.74) is 1.42. The summed E-state index contributed by atoms with van der Waals surface area (Å²) in [4.78, 5) is 37.7. The lowest BCUT2D eigenvalue weighted by molar-refractivity contribution is -0.159. The Bertz CT molecular complexity index is 985. The topological polar surface area (TPSA) is 88.1 Å². The molecule has 0 aromatic heterocycles.